The number of hydrogen-bond donors (Lipinski definition) is 3. The molecule has 4 N–H and O–H groups in total. The molecule has 0 bridgehead atoms. The van der Waals surface area contributed by atoms with Gasteiger partial charge in [-0.05, 0) is 77.2 Å². The topological polar surface area (TPSA) is 103 Å². The van der Waals surface area contributed by atoms with Gasteiger partial charge in [0.25, 0.3) is 0 Å². The Balaban J connectivity index is 1.28. The Morgan fingerprint density at radius 3 is 2.37 bits per heavy atom. The number of rotatable bonds is 11. The van der Waals surface area contributed by atoms with E-state index in [0.717, 1.165) is 18.4 Å². The summed E-state index contributed by atoms with van der Waals surface area (Å²) in [6.07, 6.45) is 5.93. The molecule has 0 amide bonds. The van der Waals surface area contributed by atoms with Crippen molar-refractivity contribution in [1.29, 1.82) is 0 Å². The van der Waals surface area contributed by atoms with Gasteiger partial charge in [0.15, 0.2) is 0 Å². The summed E-state index contributed by atoms with van der Waals surface area (Å²) in [5, 5.41) is 7.76. The zero-order chi connectivity index (χ0) is 29.4. The van der Waals surface area contributed by atoms with Gasteiger partial charge in [-0.1, -0.05) is 66.7 Å². The molecule has 0 aliphatic heterocycles. The average molecular weight is 663 g/mol. The fraction of sp³-hybridized carbons (Fsp3) is 0.355. The normalized spacial score (nSPS) is 14.3. The lowest BCUT2D eigenvalue weighted by Gasteiger charge is -2.35. The fourth-order valence-electron chi connectivity index (χ4n) is 4.88. The molecule has 3 aromatic carbocycles. The molecule has 0 spiro atoms. The number of esters is 2. The lowest BCUT2D eigenvalue weighted by Crippen LogP contribution is -2.43. The van der Waals surface area contributed by atoms with Gasteiger partial charge in [0.2, 0.25) is 0 Å². The van der Waals surface area contributed by atoms with Crippen LogP contribution in [0.5, 0.6) is 0 Å². The van der Waals surface area contributed by atoms with Gasteiger partial charge >= 0.3 is 11.9 Å². The van der Waals surface area contributed by atoms with E-state index in [4.69, 9.17) is 38.4 Å². The second kappa shape index (κ2) is 14.4. The van der Waals surface area contributed by atoms with Crippen LogP contribution in [-0.2, 0) is 27.2 Å². The average Bonchev–Trinajstić information content (AvgIpc) is 2.95. The number of para-hydroxylation sites is 2. The van der Waals surface area contributed by atoms with Crippen molar-refractivity contribution >= 4 is 68.1 Å². The zero-order valence-corrected chi connectivity index (χ0v) is 26.0. The van der Waals surface area contributed by atoms with E-state index in [-0.39, 0.29) is 25.2 Å². The molecule has 1 aliphatic carbocycles. The predicted octanol–water partition coefficient (Wildman–Crippen LogP) is 7.84. The monoisotopic (exact) mass is 661 g/mol. The van der Waals surface area contributed by atoms with E-state index in [1.165, 1.54) is 19.3 Å². The van der Waals surface area contributed by atoms with E-state index < -0.39 is 11.9 Å². The minimum atomic E-state index is -0.516. The largest absolute Gasteiger partial charge is 0.462 e. The number of nitrogen functional groups attached to an aromatic ring is 1. The van der Waals surface area contributed by atoms with Crippen LogP contribution in [0.4, 0.5) is 17.1 Å². The maximum Gasteiger partial charge on any atom is 0.338 e. The summed E-state index contributed by atoms with van der Waals surface area (Å²) >= 11 is 16.0. The smallest absolute Gasteiger partial charge is 0.338 e. The highest BCUT2D eigenvalue weighted by atomic mass is 79.9. The number of nitrogens with two attached hydrogens (primary N) is 1. The van der Waals surface area contributed by atoms with Crippen LogP contribution >= 0.6 is 39.1 Å². The van der Waals surface area contributed by atoms with Crippen LogP contribution < -0.4 is 16.4 Å². The minimum Gasteiger partial charge on any atom is -0.462 e. The Hall–Kier alpha value is -2.78. The van der Waals surface area contributed by atoms with E-state index in [0.29, 0.717) is 49.3 Å². The molecule has 10 heteroatoms. The highest BCUT2D eigenvalue weighted by Gasteiger charge is 2.26. The zero-order valence-electron chi connectivity index (χ0n) is 22.9. The standard InChI is InChI=1S/C31H34BrCl2N3O4/c1-31(12-5-2-6-13-31)36-19-22-16-21(17-23(32)28(22)35)30(39)41-15-14-40-27(38)18-20-8-3-4-11-26(20)37-29-24(33)9-7-10-25(29)34/h3-4,7-11,16-17,36-37H,2,5-6,12-15,18-19,35H2,1H3. The molecule has 0 saturated heterocycles. The first-order chi connectivity index (χ1) is 19.6. The van der Waals surface area contributed by atoms with E-state index in [2.05, 4.69) is 33.5 Å². The van der Waals surface area contributed by atoms with E-state index in [1.54, 1.807) is 30.3 Å². The Morgan fingerprint density at radius 1 is 0.951 bits per heavy atom. The molecule has 4 rings (SSSR count). The summed E-state index contributed by atoms with van der Waals surface area (Å²) in [6, 6.07) is 15.9. The first-order valence-corrected chi connectivity index (χ1v) is 15.1. The molecule has 0 heterocycles. The molecule has 0 atom stereocenters. The molecule has 218 valence electrons. The summed E-state index contributed by atoms with van der Waals surface area (Å²) < 4.78 is 11.3. The van der Waals surface area contributed by atoms with Gasteiger partial charge in [0.05, 0.1) is 33.4 Å². The van der Waals surface area contributed by atoms with Crippen LogP contribution in [-0.4, -0.2) is 30.7 Å². The highest BCUT2D eigenvalue weighted by molar-refractivity contribution is 9.10. The van der Waals surface area contributed by atoms with Gasteiger partial charge < -0.3 is 25.8 Å². The van der Waals surface area contributed by atoms with Gasteiger partial charge in [-0.25, -0.2) is 4.79 Å². The van der Waals surface area contributed by atoms with Gasteiger partial charge in [-0.2, -0.15) is 0 Å². The molecular weight excluding hydrogens is 629 g/mol. The van der Waals surface area contributed by atoms with Crippen molar-refractivity contribution in [3.8, 4) is 0 Å². The quantitative estimate of drug-likeness (QED) is 0.109. The van der Waals surface area contributed by atoms with Crippen molar-refractivity contribution in [3.05, 3.63) is 85.8 Å². The molecule has 1 aliphatic rings. The Labute approximate surface area is 259 Å². The van der Waals surface area contributed by atoms with Crippen molar-refractivity contribution in [2.45, 2.75) is 57.5 Å². The maximum atomic E-state index is 12.8. The lowest BCUT2D eigenvalue weighted by molar-refractivity contribution is -0.143. The van der Waals surface area contributed by atoms with Gasteiger partial charge in [-0.15, -0.1) is 0 Å². The third kappa shape index (κ3) is 8.61. The molecule has 7 nitrogen and oxygen atoms in total. The third-order valence-electron chi connectivity index (χ3n) is 7.27. The summed E-state index contributed by atoms with van der Waals surface area (Å²) in [5.41, 5.74) is 10.1. The van der Waals surface area contributed by atoms with Gasteiger partial charge in [-0.3, -0.25) is 4.79 Å². The molecule has 41 heavy (non-hydrogen) atoms. The maximum absolute atomic E-state index is 12.8. The number of nitrogens with one attached hydrogen (secondary N) is 2. The molecule has 0 radical (unpaired) electrons. The third-order valence-corrected chi connectivity index (χ3v) is 8.55. The number of carbonyl (C=O) groups excluding carboxylic acids is 2. The van der Waals surface area contributed by atoms with Crippen molar-refractivity contribution in [2.24, 2.45) is 0 Å². The number of ether oxygens (including phenoxy) is 2. The minimum absolute atomic E-state index is 0.0133. The van der Waals surface area contributed by atoms with Crippen LogP contribution in [0.3, 0.4) is 0 Å². The van der Waals surface area contributed by atoms with Crippen molar-refractivity contribution < 1.29 is 19.1 Å². The first-order valence-electron chi connectivity index (χ1n) is 13.6. The molecule has 1 saturated carbocycles. The molecule has 0 aromatic heterocycles. The Kier molecular flexibility index (Phi) is 10.9. The fourth-order valence-corrected chi connectivity index (χ4v) is 5.88. The van der Waals surface area contributed by atoms with Crippen molar-refractivity contribution in [3.63, 3.8) is 0 Å². The van der Waals surface area contributed by atoms with E-state index in [9.17, 15) is 9.59 Å². The SMILES string of the molecule is CC1(NCc2cc(C(=O)OCCOC(=O)Cc3ccccc3Nc3c(Cl)cccc3Cl)cc(Br)c2N)CCCCC1. The van der Waals surface area contributed by atoms with Crippen LogP contribution in [0.15, 0.2) is 59.1 Å². The van der Waals surface area contributed by atoms with Crippen LogP contribution in [0.1, 0.15) is 60.5 Å². The number of carbonyl (C=O) groups is 2. The van der Waals surface area contributed by atoms with E-state index in [1.807, 2.05) is 24.3 Å². The first kappa shape index (κ1) is 31.2. The number of benzene rings is 3. The molecule has 0 unspecified atom stereocenters. The number of halogens is 3. The van der Waals surface area contributed by atoms with Crippen LogP contribution in [0, 0.1) is 0 Å². The van der Waals surface area contributed by atoms with Crippen molar-refractivity contribution in [2.75, 3.05) is 24.3 Å². The molecule has 1 fully saturated rings. The predicted molar refractivity (Wildman–Crippen MR) is 168 cm³/mol. The summed E-state index contributed by atoms with van der Waals surface area (Å²) in [5.74, 6) is -0.974. The van der Waals surface area contributed by atoms with Gasteiger partial charge in [0, 0.05) is 22.2 Å². The summed E-state index contributed by atoms with van der Waals surface area (Å²) in [4.78, 5) is 25.3. The number of hydrogen-bond acceptors (Lipinski definition) is 7. The number of anilines is 3. The summed E-state index contributed by atoms with van der Waals surface area (Å²) in [7, 11) is 0. The summed E-state index contributed by atoms with van der Waals surface area (Å²) in [6.45, 7) is 2.64. The van der Waals surface area contributed by atoms with Crippen LogP contribution in [0.2, 0.25) is 10.0 Å². The second-order valence-corrected chi connectivity index (χ2v) is 12.1. The highest BCUT2D eigenvalue weighted by Crippen LogP contribution is 2.34. The molecular formula is C31H34BrCl2N3O4. The van der Waals surface area contributed by atoms with Gasteiger partial charge in [0.1, 0.15) is 13.2 Å². The Bertz CT molecular complexity index is 1380. The lowest BCUT2D eigenvalue weighted by atomic mass is 9.83. The Morgan fingerprint density at radius 2 is 1.63 bits per heavy atom. The van der Waals surface area contributed by atoms with E-state index >= 15 is 0 Å². The van der Waals surface area contributed by atoms with Crippen molar-refractivity contribution in [1.82, 2.24) is 5.32 Å². The molecule has 3 aromatic rings. The van der Waals surface area contributed by atoms with Crippen LogP contribution in [0.25, 0.3) is 0 Å². The second-order valence-electron chi connectivity index (χ2n) is 10.4.